The lowest BCUT2D eigenvalue weighted by Crippen LogP contribution is -2.35. The van der Waals surface area contributed by atoms with Crippen LogP contribution in [0.3, 0.4) is 0 Å². The molecule has 0 aromatic rings. The summed E-state index contributed by atoms with van der Waals surface area (Å²) in [5.74, 6) is -0.570. The molecule has 0 aliphatic heterocycles. The highest BCUT2D eigenvalue weighted by Crippen LogP contribution is 1.76. The second kappa shape index (κ2) is 12.2. The van der Waals surface area contributed by atoms with Crippen LogP contribution in [0.5, 0.6) is 0 Å². The standard InChI is InChI=1S/C8H18N4O3.ClH/c9-1-3-11-7(13)5-15-6-8(14)12-4-2-10;/h1-6,9-10H2,(H,11,13)(H,12,14);1H. The third-order valence-corrected chi connectivity index (χ3v) is 1.40. The monoisotopic (exact) mass is 254 g/mol. The van der Waals surface area contributed by atoms with Crippen molar-refractivity contribution >= 4 is 24.2 Å². The van der Waals surface area contributed by atoms with E-state index >= 15 is 0 Å². The Kier molecular flexibility index (Phi) is 13.3. The maximum absolute atomic E-state index is 11.0. The number of carbonyl (C=O) groups excluding carboxylic acids is 2. The Morgan fingerprint density at radius 1 is 0.938 bits per heavy atom. The Labute approximate surface area is 101 Å². The molecule has 0 aromatic carbocycles. The smallest absolute Gasteiger partial charge is 0.246 e. The number of halogens is 1. The Morgan fingerprint density at radius 3 is 1.62 bits per heavy atom. The highest BCUT2D eigenvalue weighted by atomic mass is 35.5. The SMILES string of the molecule is Cl.NCCNC(=O)COCC(=O)NCCN. The lowest BCUT2D eigenvalue weighted by atomic mass is 10.5. The molecule has 96 valence electrons. The summed E-state index contributed by atoms with van der Waals surface area (Å²) in [7, 11) is 0. The van der Waals surface area contributed by atoms with E-state index in [0.29, 0.717) is 26.2 Å². The molecular formula is C8H19ClN4O3. The van der Waals surface area contributed by atoms with Crippen molar-refractivity contribution in [2.45, 2.75) is 0 Å². The molecule has 2 amide bonds. The number of amides is 2. The molecule has 16 heavy (non-hydrogen) atoms. The van der Waals surface area contributed by atoms with Crippen molar-refractivity contribution < 1.29 is 14.3 Å². The van der Waals surface area contributed by atoms with E-state index in [1.54, 1.807) is 0 Å². The predicted molar refractivity (Wildman–Crippen MR) is 62.2 cm³/mol. The van der Waals surface area contributed by atoms with Crippen molar-refractivity contribution in [3.63, 3.8) is 0 Å². The number of nitrogens with two attached hydrogens (primary N) is 2. The van der Waals surface area contributed by atoms with E-state index in [1.807, 2.05) is 0 Å². The fraction of sp³-hybridized carbons (Fsp3) is 0.750. The molecule has 0 spiro atoms. The largest absolute Gasteiger partial charge is 0.362 e. The molecule has 0 saturated heterocycles. The zero-order valence-electron chi connectivity index (χ0n) is 9.03. The maximum Gasteiger partial charge on any atom is 0.246 e. The van der Waals surface area contributed by atoms with E-state index in [2.05, 4.69) is 10.6 Å². The van der Waals surface area contributed by atoms with Gasteiger partial charge in [0.1, 0.15) is 13.2 Å². The number of ether oxygens (including phenoxy) is 1. The molecule has 0 radical (unpaired) electrons. The van der Waals surface area contributed by atoms with E-state index < -0.39 is 0 Å². The third kappa shape index (κ3) is 11.2. The molecule has 0 bridgehead atoms. The molecule has 0 atom stereocenters. The molecule has 6 N–H and O–H groups in total. The van der Waals surface area contributed by atoms with Crippen LogP contribution >= 0.6 is 12.4 Å². The van der Waals surface area contributed by atoms with E-state index in [-0.39, 0.29) is 37.4 Å². The van der Waals surface area contributed by atoms with Gasteiger partial charge in [-0.05, 0) is 0 Å². The molecule has 0 rings (SSSR count). The van der Waals surface area contributed by atoms with E-state index in [0.717, 1.165) is 0 Å². The van der Waals surface area contributed by atoms with Gasteiger partial charge in [-0.3, -0.25) is 9.59 Å². The number of nitrogens with one attached hydrogen (secondary N) is 2. The van der Waals surface area contributed by atoms with E-state index in [4.69, 9.17) is 16.2 Å². The molecule has 0 saturated carbocycles. The second-order valence-electron chi connectivity index (χ2n) is 2.77. The molecular weight excluding hydrogens is 236 g/mol. The molecule has 0 aliphatic carbocycles. The van der Waals surface area contributed by atoms with Crippen LogP contribution in [-0.2, 0) is 14.3 Å². The number of hydrogen-bond acceptors (Lipinski definition) is 5. The molecule has 0 aromatic heterocycles. The van der Waals surface area contributed by atoms with Gasteiger partial charge in [0, 0.05) is 26.2 Å². The molecule has 7 nitrogen and oxygen atoms in total. The first-order chi connectivity index (χ1) is 7.20. The maximum atomic E-state index is 11.0. The fourth-order valence-electron chi connectivity index (χ4n) is 0.762. The molecule has 0 fully saturated rings. The van der Waals surface area contributed by atoms with E-state index in [9.17, 15) is 9.59 Å². The fourth-order valence-corrected chi connectivity index (χ4v) is 0.762. The normalized spacial score (nSPS) is 9.12. The lowest BCUT2D eigenvalue weighted by Gasteiger charge is -2.05. The first-order valence-electron chi connectivity index (χ1n) is 4.72. The van der Waals surface area contributed by atoms with Gasteiger partial charge >= 0.3 is 0 Å². The summed E-state index contributed by atoms with van der Waals surface area (Å²) in [5, 5.41) is 5.02. The van der Waals surface area contributed by atoms with Gasteiger partial charge in [-0.1, -0.05) is 0 Å². The topological polar surface area (TPSA) is 119 Å². The van der Waals surface area contributed by atoms with Crippen molar-refractivity contribution in [1.82, 2.24) is 10.6 Å². The highest BCUT2D eigenvalue weighted by Gasteiger charge is 2.03. The Bertz CT molecular complexity index is 184. The summed E-state index contributed by atoms with van der Waals surface area (Å²) in [6.45, 7) is 1.28. The summed E-state index contributed by atoms with van der Waals surface area (Å²) >= 11 is 0. The van der Waals surface area contributed by atoms with Gasteiger partial charge in [0.15, 0.2) is 0 Å². The van der Waals surface area contributed by atoms with Crippen LogP contribution in [0.1, 0.15) is 0 Å². The zero-order chi connectivity index (χ0) is 11.5. The second-order valence-corrected chi connectivity index (χ2v) is 2.77. The molecule has 0 unspecified atom stereocenters. The summed E-state index contributed by atoms with van der Waals surface area (Å²) in [6.07, 6.45) is 0. The van der Waals surface area contributed by atoms with Crippen molar-refractivity contribution in [3.8, 4) is 0 Å². The number of rotatable bonds is 8. The molecule has 0 aliphatic rings. The van der Waals surface area contributed by atoms with Crippen molar-refractivity contribution in [2.24, 2.45) is 11.5 Å². The molecule has 8 heteroatoms. The first-order valence-corrected chi connectivity index (χ1v) is 4.72. The minimum atomic E-state index is -0.285. The van der Waals surface area contributed by atoms with Crippen LogP contribution in [0.4, 0.5) is 0 Å². The van der Waals surface area contributed by atoms with Gasteiger partial charge in [0.2, 0.25) is 11.8 Å². The minimum absolute atomic E-state index is 0. The van der Waals surface area contributed by atoms with Gasteiger partial charge < -0.3 is 26.8 Å². The van der Waals surface area contributed by atoms with Crippen LogP contribution in [0.2, 0.25) is 0 Å². The zero-order valence-corrected chi connectivity index (χ0v) is 9.85. The summed E-state index contributed by atoms with van der Waals surface area (Å²) in [5.41, 5.74) is 10.4. The van der Waals surface area contributed by atoms with Gasteiger partial charge in [0.05, 0.1) is 0 Å². The van der Waals surface area contributed by atoms with Gasteiger partial charge in [-0.15, -0.1) is 12.4 Å². The van der Waals surface area contributed by atoms with Gasteiger partial charge in [-0.2, -0.15) is 0 Å². The summed E-state index contributed by atoms with van der Waals surface area (Å²) in [4.78, 5) is 21.9. The minimum Gasteiger partial charge on any atom is -0.362 e. The van der Waals surface area contributed by atoms with Crippen LogP contribution in [0, 0.1) is 0 Å². The summed E-state index contributed by atoms with van der Waals surface area (Å²) < 4.78 is 4.85. The Balaban J connectivity index is 0. The lowest BCUT2D eigenvalue weighted by molar-refractivity contribution is -0.130. The number of hydrogen-bond donors (Lipinski definition) is 4. The van der Waals surface area contributed by atoms with Gasteiger partial charge in [-0.25, -0.2) is 0 Å². The Hall–Kier alpha value is -0.890. The van der Waals surface area contributed by atoms with E-state index in [1.165, 1.54) is 0 Å². The van der Waals surface area contributed by atoms with Crippen LogP contribution in [0.25, 0.3) is 0 Å². The van der Waals surface area contributed by atoms with Crippen LogP contribution in [0.15, 0.2) is 0 Å². The highest BCUT2D eigenvalue weighted by molar-refractivity contribution is 5.85. The van der Waals surface area contributed by atoms with Crippen molar-refractivity contribution in [3.05, 3.63) is 0 Å². The summed E-state index contributed by atoms with van der Waals surface area (Å²) in [6, 6.07) is 0. The molecule has 0 heterocycles. The third-order valence-electron chi connectivity index (χ3n) is 1.40. The predicted octanol–water partition coefficient (Wildman–Crippen LogP) is -2.43. The van der Waals surface area contributed by atoms with Gasteiger partial charge in [0.25, 0.3) is 0 Å². The van der Waals surface area contributed by atoms with Crippen LogP contribution in [-0.4, -0.2) is 51.2 Å². The van der Waals surface area contributed by atoms with Crippen molar-refractivity contribution in [2.75, 3.05) is 39.4 Å². The average molecular weight is 255 g/mol. The van der Waals surface area contributed by atoms with Crippen molar-refractivity contribution in [1.29, 1.82) is 0 Å². The first kappa shape index (κ1) is 17.5. The van der Waals surface area contributed by atoms with Crippen LogP contribution < -0.4 is 22.1 Å². The quantitative estimate of drug-likeness (QED) is 0.384. The number of carbonyl (C=O) groups is 2. The Morgan fingerprint density at radius 2 is 1.31 bits per heavy atom. The average Bonchev–Trinajstić information content (AvgIpc) is 2.23.